The molecule has 2 bridgehead atoms. The van der Waals surface area contributed by atoms with Gasteiger partial charge >= 0.3 is 0 Å². The van der Waals surface area contributed by atoms with Gasteiger partial charge in [0.1, 0.15) is 0 Å². The van der Waals surface area contributed by atoms with E-state index in [0.717, 1.165) is 0 Å². The third kappa shape index (κ3) is 1.07. The molecule has 2 amide bonds. The second kappa shape index (κ2) is 3.01. The number of ketones is 1. The van der Waals surface area contributed by atoms with Crippen molar-refractivity contribution in [1.82, 2.24) is 4.90 Å². The van der Waals surface area contributed by atoms with Gasteiger partial charge in [-0.25, -0.2) is 0 Å². The Morgan fingerprint density at radius 3 is 2.56 bits per heavy atom. The summed E-state index contributed by atoms with van der Waals surface area (Å²) in [6.07, 6.45) is 0.321. The van der Waals surface area contributed by atoms with Crippen LogP contribution in [0.5, 0.6) is 0 Å². The van der Waals surface area contributed by atoms with Gasteiger partial charge in [0.15, 0.2) is 5.78 Å². The molecule has 0 fully saturated rings. The van der Waals surface area contributed by atoms with Gasteiger partial charge in [-0.15, -0.1) is 0 Å². The minimum Gasteiger partial charge on any atom is -0.294 e. The molecular formula is C12H9NO3. The zero-order valence-electron chi connectivity index (χ0n) is 8.53. The summed E-state index contributed by atoms with van der Waals surface area (Å²) in [6, 6.07) is 5.10. The van der Waals surface area contributed by atoms with Crippen molar-refractivity contribution in [1.29, 1.82) is 0 Å². The molecule has 16 heavy (non-hydrogen) atoms. The zero-order chi connectivity index (χ0) is 11.3. The maximum Gasteiger partial charge on any atom is 0.261 e. The Bertz CT molecular complexity index is 533. The fraction of sp³-hybridized carbons (Fsp3) is 0.250. The molecule has 2 aliphatic heterocycles. The molecule has 2 heterocycles. The minimum atomic E-state index is -0.267. The molecule has 0 N–H and O–H groups in total. The normalized spacial score (nSPS) is 18.8. The molecule has 0 aliphatic carbocycles. The lowest BCUT2D eigenvalue weighted by atomic mass is 9.97. The van der Waals surface area contributed by atoms with Crippen LogP contribution in [0.3, 0.4) is 0 Å². The highest BCUT2D eigenvalue weighted by Gasteiger charge is 2.36. The molecule has 4 nitrogen and oxygen atoms in total. The third-order valence-electron chi connectivity index (χ3n) is 3.14. The number of carbonyl (C=O) groups excluding carboxylic acids is 3. The summed E-state index contributed by atoms with van der Waals surface area (Å²) < 4.78 is 0. The quantitative estimate of drug-likeness (QED) is 0.610. The van der Waals surface area contributed by atoms with Crippen LogP contribution in [-0.4, -0.2) is 22.5 Å². The van der Waals surface area contributed by atoms with Gasteiger partial charge in [0.25, 0.3) is 5.91 Å². The lowest BCUT2D eigenvalue weighted by Crippen LogP contribution is -2.32. The van der Waals surface area contributed by atoms with E-state index >= 15 is 0 Å². The first kappa shape index (κ1) is 9.27. The molecule has 0 saturated carbocycles. The molecule has 0 aromatic heterocycles. The molecular weight excluding hydrogens is 206 g/mol. The predicted octanol–water partition coefficient (Wildman–Crippen LogP) is 1.15. The zero-order valence-corrected chi connectivity index (χ0v) is 8.53. The predicted molar refractivity (Wildman–Crippen MR) is 54.9 cm³/mol. The summed E-state index contributed by atoms with van der Waals surface area (Å²) in [6.45, 7) is 0.259. The van der Waals surface area contributed by atoms with Crippen LogP contribution in [0.15, 0.2) is 18.2 Å². The number of hydrogen-bond donors (Lipinski definition) is 0. The second-order valence-corrected chi connectivity index (χ2v) is 4.04. The van der Waals surface area contributed by atoms with E-state index in [1.54, 1.807) is 18.2 Å². The summed E-state index contributed by atoms with van der Waals surface area (Å²) >= 11 is 0. The van der Waals surface area contributed by atoms with Crippen molar-refractivity contribution in [3.63, 3.8) is 0 Å². The Kier molecular flexibility index (Phi) is 1.74. The number of fused-ring (bicyclic) bond motifs is 1. The van der Waals surface area contributed by atoms with E-state index in [0.29, 0.717) is 16.7 Å². The SMILES string of the molecule is O=C1CCC(=O)N2Cc3c1cccc3C2=O. The molecule has 0 unspecified atom stereocenters. The van der Waals surface area contributed by atoms with Gasteiger partial charge in [-0.2, -0.15) is 0 Å². The van der Waals surface area contributed by atoms with Gasteiger partial charge in [0, 0.05) is 24.0 Å². The van der Waals surface area contributed by atoms with Gasteiger partial charge in [0.05, 0.1) is 6.54 Å². The first-order valence-electron chi connectivity index (χ1n) is 5.18. The molecule has 0 atom stereocenters. The van der Waals surface area contributed by atoms with E-state index in [1.807, 2.05) is 0 Å². The van der Waals surface area contributed by atoms with Crippen LogP contribution in [0.4, 0.5) is 0 Å². The van der Waals surface area contributed by atoms with Crippen LogP contribution in [0.1, 0.15) is 39.1 Å². The van der Waals surface area contributed by atoms with Gasteiger partial charge in [0.2, 0.25) is 5.91 Å². The standard InChI is InChI=1S/C12H9NO3/c14-10-4-5-11(15)13-6-9-7(10)2-1-3-8(9)12(13)16/h1-3H,4-6H2. The average molecular weight is 215 g/mol. The number of Topliss-reactive ketones (excluding diaryl/α,β-unsaturated/α-hetero) is 1. The maximum atomic E-state index is 11.9. The first-order chi connectivity index (χ1) is 7.68. The van der Waals surface area contributed by atoms with E-state index in [-0.39, 0.29) is 37.0 Å². The van der Waals surface area contributed by atoms with Gasteiger partial charge in [-0.3, -0.25) is 19.3 Å². The first-order valence-corrected chi connectivity index (χ1v) is 5.18. The van der Waals surface area contributed by atoms with E-state index < -0.39 is 0 Å². The highest BCUT2D eigenvalue weighted by atomic mass is 16.2. The summed E-state index contributed by atoms with van der Waals surface area (Å²) in [5.74, 6) is -0.559. The Balaban J connectivity index is 2.27. The highest BCUT2D eigenvalue weighted by Crippen LogP contribution is 2.29. The molecule has 1 aromatic carbocycles. The van der Waals surface area contributed by atoms with E-state index in [9.17, 15) is 14.4 Å². The number of benzene rings is 1. The maximum absolute atomic E-state index is 11.9. The molecule has 0 radical (unpaired) electrons. The van der Waals surface area contributed by atoms with E-state index in [2.05, 4.69) is 0 Å². The summed E-state index contributed by atoms with van der Waals surface area (Å²) in [5.41, 5.74) is 1.81. The van der Waals surface area contributed by atoms with Crippen molar-refractivity contribution in [2.45, 2.75) is 19.4 Å². The van der Waals surface area contributed by atoms with Gasteiger partial charge in [-0.05, 0) is 11.6 Å². The second-order valence-electron chi connectivity index (χ2n) is 4.04. The lowest BCUT2D eigenvalue weighted by Gasteiger charge is -2.15. The Hall–Kier alpha value is -1.97. The van der Waals surface area contributed by atoms with Crippen LogP contribution in [0.25, 0.3) is 0 Å². The minimum absolute atomic E-state index is 0.0421. The monoisotopic (exact) mass is 215 g/mol. The number of carbonyl (C=O) groups is 3. The largest absolute Gasteiger partial charge is 0.294 e. The molecule has 0 spiro atoms. The van der Waals surface area contributed by atoms with Crippen molar-refractivity contribution in [3.8, 4) is 0 Å². The average Bonchev–Trinajstić information content (AvgIpc) is 2.62. The molecule has 4 heteroatoms. The van der Waals surface area contributed by atoms with Crippen molar-refractivity contribution >= 4 is 17.6 Å². The van der Waals surface area contributed by atoms with Crippen molar-refractivity contribution in [2.24, 2.45) is 0 Å². The molecule has 1 aromatic rings. The van der Waals surface area contributed by atoms with Gasteiger partial charge in [-0.1, -0.05) is 12.1 Å². The van der Waals surface area contributed by atoms with Crippen LogP contribution in [0.2, 0.25) is 0 Å². The van der Waals surface area contributed by atoms with Gasteiger partial charge < -0.3 is 0 Å². The third-order valence-corrected chi connectivity index (χ3v) is 3.14. The molecule has 80 valence electrons. The van der Waals surface area contributed by atoms with Crippen molar-refractivity contribution in [2.75, 3.05) is 0 Å². The molecule has 2 aliphatic rings. The Morgan fingerprint density at radius 2 is 1.75 bits per heavy atom. The number of imide groups is 1. The number of amides is 2. The van der Waals surface area contributed by atoms with Crippen molar-refractivity contribution < 1.29 is 14.4 Å². The number of rotatable bonds is 0. The summed E-state index contributed by atoms with van der Waals surface area (Å²) in [7, 11) is 0. The van der Waals surface area contributed by atoms with Crippen LogP contribution in [-0.2, 0) is 11.3 Å². The fourth-order valence-electron chi connectivity index (χ4n) is 2.29. The lowest BCUT2D eigenvalue weighted by molar-refractivity contribution is -0.128. The van der Waals surface area contributed by atoms with Crippen molar-refractivity contribution in [3.05, 3.63) is 34.9 Å². The van der Waals surface area contributed by atoms with Crippen LogP contribution in [0, 0.1) is 0 Å². The van der Waals surface area contributed by atoms with Crippen LogP contribution < -0.4 is 0 Å². The van der Waals surface area contributed by atoms with Crippen LogP contribution >= 0.6 is 0 Å². The molecule has 3 rings (SSSR count). The Morgan fingerprint density at radius 1 is 1.00 bits per heavy atom. The van der Waals surface area contributed by atoms with E-state index in [4.69, 9.17) is 0 Å². The summed E-state index contributed by atoms with van der Waals surface area (Å²) in [4.78, 5) is 36.6. The number of nitrogens with zero attached hydrogens (tertiary/aromatic N) is 1. The summed E-state index contributed by atoms with van der Waals surface area (Å²) in [5, 5.41) is 0. The topological polar surface area (TPSA) is 54.5 Å². The highest BCUT2D eigenvalue weighted by molar-refractivity contribution is 6.13. The number of hydrogen-bond acceptors (Lipinski definition) is 3. The van der Waals surface area contributed by atoms with E-state index in [1.165, 1.54) is 4.90 Å². The molecule has 0 saturated heterocycles. The Labute approximate surface area is 91.9 Å². The fourth-order valence-corrected chi connectivity index (χ4v) is 2.29. The smallest absolute Gasteiger partial charge is 0.261 e.